The summed E-state index contributed by atoms with van der Waals surface area (Å²) in [6, 6.07) is 22.5. The number of benzene rings is 3. The van der Waals surface area contributed by atoms with Gasteiger partial charge in [-0.05, 0) is 48.0 Å². The lowest BCUT2D eigenvalue weighted by Crippen LogP contribution is -2.16. The highest BCUT2D eigenvalue weighted by atomic mass is 16.5. The van der Waals surface area contributed by atoms with Gasteiger partial charge in [0.15, 0.2) is 0 Å². The third kappa shape index (κ3) is 4.46. The highest BCUT2D eigenvalue weighted by Gasteiger charge is 2.17. The number of fused-ring (bicyclic) bond motifs is 1. The van der Waals surface area contributed by atoms with Gasteiger partial charge in [-0.25, -0.2) is 0 Å². The molecule has 0 aliphatic rings. The SMILES string of the molecule is CCC[C@H](NC)c1nc(-c2ccc3cc(OCc4ccccc4)ccc3c2)no1. The number of hydrogen-bond acceptors (Lipinski definition) is 5. The molecule has 4 rings (SSSR count). The van der Waals surface area contributed by atoms with Gasteiger partial charge >= 0.3 is 0 Å². The summed E-state index contributed by atoms with van der Waals surface area (Å²) >= 11 is 0. The van der Waals surface area contributed by atoms with Crippen molar-refractivity contribution in [2.75, 3.05) is 7.05 Å². The summed E-state index contributed by atoms with van der Waals surface area (Å²) in [6.07, 6.45) is 2.01. The highest BCUT2D eigenvalue weighted by molar-refractivity contribution is 5.87. The first-order valence-corrected chi connectivity index (χ1v) is 9.98. The molecular weight excluding hydrogens is 362 g/mol. The molecule has 5 heteroatoms. The molecule has 0 saturated carbocycles. The van der Waals surface area contributed by atoms with E-state index in [1.54, 1.807) is 0 Å². The second-order valence-electron chi connectivity index (χ2n) is 7.08. The molecule has 1 aromatic heterocycles. The minimum absolute atomic E-state index is 0.0889. The van der Waals surface area contributed by atoms with Gasteiger partial charge in [0.2, 0.25) is 11.7 Å². The van der Waals surface area contributed by atoms with Crippen LogP contribution >= 0.6 is 0 Å². The average Bonchev–Trinajstić information content (AvgIpc) is 3.26. The van der Waals surface area contributed by atoms with Crippen molar-refractivity contribution in [1.82, 2.24) is 15.5 Å². The van der Waals surface area contributed by atoms with E-state index in [1.807, 2.05) is 37.4 Å². The zero-order valence-electron chi connectivity index (χ0n) is 16.8. The Morgan fingerprint density at radius 2 is 1.79 bits per heavy atom. The minimum Gasteiger partial charge on any atom is -0.489 e. The first-order chi connectivity index (χ1) is 14.3. The molecule has 1 N–H and O–H groups in total. The second kappa shape index (κ2) is 8.88. The van der Waals surface area contributed by atoms with Gasteiger partial charge < -0.3 is 14.6 Å². The molecule has 3 aromatic carbocycles. The Labute approximate surface area is 170 Å². The van der Waals surface area contributed by atoms with Gasteiger partial charge in [-0.1, -0.05) is 67.0 Å². The quantitative estimate of drug-likeness (QED) is 0.431. The van der Waals surface area contributed by atoms with Gasteiger partial charge in [0.05, 0.1) is 6.04 Å². The zero-order chi connectivity index (χ0) is 20.1. The lowest BCUT2D eigenvalue weighted by atomic mass is 10.1. The van der Waals surface area contributed by atoms with Crippen molar-refractivity contribution in [2.45, 2.75) is 32.4 Å². The van der Waals surface area contributed by atoms with Gasteiger partial charge in [0.1, 0.15) is 12.4 Å². The van der Waals surface area contributed by atoms with Crippen LogP contribution in [0.1, 0.15) is 37.3 Å². The van der Waals surface area contributed by atoms with Crippen LogP contribution in [0.15, 0.2) is 71.3 Å². The smallest absolute Gasteiger partial charge is 0.244 e. The molecular formula is C24H25N3O2. The molecule has 0 radical (unpaired) electrons. The van der Waals surface area contributed by atoms with Gasteiger partial charge in [-0.3, -0.25) is 0 Å². The average molecular weight is 387 g/mol. The van der Waals surface area contributed by atoms with Crippen LogP contribution in [-0.2, 0) is 6.61 Å². The molecule has 0 bridgehead atoms. The maximum atomic E-state index is 5.93. The van der Waals surface area contributed by atoms with E-state index < -0.39 is 0 Å². The Hall–Kier alpha value is -3.18. The molecule has 0 spiro atoms. The summed E-state index contributed by atoms with van der Waals surface area (Å²) in [5, 5.41) is 9.63. The molecule has 0 fully saturated rings. The fourth-order valence-corrected chi connectivity index (χ4v) is 3.37. The molecule has 29 heavy (non-hydrogen) atoms. The van der Waals surface area contributed by atoms with Crippen molar-refractivity contribution in [3.05, 3.63) is 78.2 Å². The molecule has 0 amide bonds. The van der Waals surface area contributed by atoms with Crippen LogP contribution in [0.5, 0.6) is 5.75 Å². The van der Waals surface area contributed by atoms with E-state index in [0.717, 1.165) is 40.5 Å². The summed E-state index contributed by atoms with van der Waals surface area (Å²) in [7, 11) is 1.91. The fourth-order valence-electron chi connectivity index (χ4n) is 3.37. The summed E-state index contributed by atoms with van der Waals surface area (Å²) < 4.78 is 11.4. The Kier molecular flexibility index (Phi) is 5.86. The number of nitrogens with zero attached hydrogens (tertiary/aromatic N) is 2. The van der Waals surface area contributed by atoms with Gasteiger partial charge in [-0.2, -0.15) is 4.98 Å². The van der Waals surface area contributed by atoms with Crippen molar-refractivity contribution in [3.8, 4) is 17.1 Å². The predicted molar refractivity (Wildman–Crippen MR) is 115 cm³/mol. The Bertz CT molecular complexity index is 1080. The van der Waals surface area contributed by atoms with E-state index in [-0.39, 0.29) is 6.04 Å². The van der Waals surface area contributed by atoms with Crippen LogP contribution < -0.4 is 10.1 Å². The number of rotatable bonds is 8. The minimum atomic E-state index is 0.0889. The third-order valence-corrected chi connectivity index (χ3v) is 4.98. The largest absolute Gasteiger partial charge is 0.489 e. The Balaban J connectivity index is 1.52. The summed E-state index contributed by atoms with van der Waals surface area (Å²) in [5.41, 5.74) is 2.09. The maximum Gasteiger partial charge on any atom is 0.244 e. The number of ether oxygens (including phenoxy) is 1. The van der Waals surface area contributed by atoms with Crippen LogP contribution in [0.3, 0.4) is 0 Å². The molecule has 5 nitrogen and oxygen atoms in total. The van der Waals surface area contributed by atoms with Crippen molar-refractivity contribution >= 4 is 10.8 Å². The van der Waals surface area contributed by atoms with Crippen molar-refractivity contribution in [1.29, 1.82) is 0 Å². The molecule has 1 heterocycles. The van der Waals surface area contributed by atoms with Gasteiger partial charge in [-0.15, -0.1) is 0 Å². The Morgan fingerprint density at radius 1 is 1.00 bits per heavy atom. The monoisotopic (exact) mass is 387 g/mol. The van der Waals surface area contributed by atoms with E-state index in [9.17, 15) is 0 Å². The van der Waals surface area contributed by atoms with E-state index in [4.69, 9.17) is 9.26 Å². The standard InChI is InChI=1S/C24H25N3O2/c1-3-7-22(25-2)24-26-23(27-29-24)20-11-10-19-15-21(13-12-18(19)14-20)28-16-17-8-5-4-6-9-17/h4-6,8-15,22,25H,3,7,16H2,1-2H3/t22-/m0/s1. The number of hydrogen-bond donors (Lipinski definition) is 1. The maximum absolute atomic E-state index is 5.93. The van der Waals surface area contributed by atoms with Crippen LogP contribution in [0.25, 0.3) is 22.2 Å². The molecule has 0 aliphatic heterocycles. The zero-order valence-corrected chi connectivity index (χ0v) is 16.8. The number of nitrogens with one attached hydrogen (secondary N) is 1. The first kappa shape index (κ1) is 19.2. The van der Waals surface area contributed by atoms with Gasteiger partial charge in [0, 0.05) is 5.56 Å². The van der Waals surface area contributed by atoms with Crippen molar-refractivity contribution in [3.63, 3.8) is 0 Å². The number of aromatic nitrogens is 2. The highest BCUT2D eigenvalue weighted by Crippen LogP contribution is 2.27. The van der Waals surface area contributed by atoms with E-state index in [2.05, 4.69) is 58.8 Å². The lowest BCUT2D eigenvalue weighted by Gasteiger charge is -2.09. The van der Waals surface area contributed by atoms with Crippen LogP contribution in [-0.4, -0.2) is 17.2 Å². The summed E-state index contributed by atoms with van der Waals surface area (Å²) in [4.78, 5) is 4.59. The topological polar surface area (TPSA) is 60.2 Å². The fraction of sp³-hybridized carbons (Fsp3) is 0.250. The second-order valence-corrected chi connectivity index (χ2v) is 7.08. The summed E-state index contributed by atoms with van der Waals surface area (Å²) in [6.45, 7) is 2.70. The molecule has 0 unspecified atom stereocenters. The lowest BCUT2D eigenvalue weighted by molar-refractivity contribution is 0.306. The molecule has 0 saturated heterocycles. The van der Waals surface area contributed by atoms with Gasteiger partial charge in [0.25, 0.3) is 0 Å². The van der Waals surface area contributed by atoms with E-state index in [0.29, 0.717) is 18.3 Å². The van der Waals surface area contributed by atoms with E-state index in [1.165, 1.54) is 0 Å². The van der Waals surface area contributed by atoms with Crippen LogP contribution in [0.4, 0.5) is 0 Å². The molecule has 148 valence electrons. The predicted octanol–water partition coefficient (Wildman–Crippen LogP) is 5.53. The van der Waals surface area contributed by atoms with E-state index >= 15 is 0 Å². The molecule has 4 aromatic rings. The third-order valence-electron chi connectivity index (χ3n) is 4.98. The van der Waals surface area contributed by atoms with Crippen molar-refractivity contribution in [2.24, 2.45) is 0 Å². The first-order valence-electron chi connectivity index (χ1n) is 9.98. The molecule has 0 aliphatic carbocycles. The van der Waals surface area contributed by atoms with Crippen molar-refractivity contribution < 1.29 is 9.26 Å². The van der Waals surface area contributed by atoms with Crippen LogP contribution in [0, 0.1) is 0 Å². The van der Waals surface area contributed by atoms with Crippen LogP contribution in [0.2, 0.25) is 0 Å². The Morgan fingerprint density at radius 3 is 2.59 bits per heavy atom. The summed E-state index contributed by atoms with van der Waals surface area (Å²) in [5.74, 6) is 2.10. The normalized spacial score (nSPS) is 12.2. The molecule has 1 atom stereocenters.